The summed E-state index contributed by atoms with van der Waals surface area (Å²) in [5, 5.41) is 0. The van der Waals surface area contributed by atoms with Gasteiger partial charge in [0.15, 0.2) is 0 Å². The minimum Gasteiger partial charge on any atom is -0.495 e. The number of piperazine rings is 1. The van der Waals surface area contributed by atoms with Gasteiger partial charge in [-0.05, 0) is 31.4 Å². The molecule has 146 valence electrons. The summed E-state index contributed by atoms with van der Waals surface area (Å²) in [4.78, 5) is 33.0. The van der Waals surface area contributed by atoms with Crippen LogP contribution in [0.25, 0.3) is 0 Å². The molecule has 3 saturated heterocycles. The van der Waals surface area contributed by atoms with E-state index in [0.29, 0.717) is 6.54 Å². The van der Waals surface area contributed by atoms with E-state index in [-0.39, 0.29) is 18.0 Å². The van der Waals surface area contributed by atoms with Crippen molar-refractivity contribution < 1.29 is 14.3 Å². The summed E-state index contributed by atoms with van der Waals surface area (Å²) in [7, 11) is 1.70. The van der Waals surface area contributed by atoms with Crippen LogP contribution in [0.5, 0.6) is 5.75 Å². The summed E-state index contributed by atoms with van der Waals surface area (Å²) < 4.78 is 5.47. The van der Waals surface area contributed by atoms with E-state index < -0.39 is 0 Å². The Hall–Kier alpha value is -2.28. The van der Waals surface area contributed by atoms with E-state index in [1.807, 2.05) is 18.2 Å². The summed E-state index contributed by atoms with van der Waals surface area (Å²) >= 11 is 0. The van der Waals surface area contributed by atoms with Crippen molar-refractivity contribution in [2.45, 2.75) is 25.3 Å². The summed E-state index contributed by atoms with van der Waals surface area (Å²) in [6, 6.07) is 7.80. The van der Waals surface area contributed by atoms with Crippen LogP contribution in [0.4, 0.5) is 10.5 Å². The second-order valence-corrected chi connectivity index (χ2v) is 7.48. The normalized spacial score (nSPS) is 23.7. The third-order valence-corrected chi connectivity index (χ3v) is 5.97. The summed E-state index contributed by atoms with van der Waals surface area (Å²) in [5.74, 6) is 0.906. The maximum atomic E-state index is 12.6. The highest BCUT2D eigenvalue weighted by Crippen LogP contribution is 2.29. The van der Waals surface area contributed by atoms with E-state index in [0.717, 1.165) is 70.0 Å². The average molecular weight is 372 g/mol. The molecule has 0 aliphatic carbocycles. The van der Waals surface area contributed by atoms with Crippen molar-refractivity contribution in [3.8, 4) is 5.75 Å². The van der Waals surface area contributed by atoms with Crippen LogP contribution in [0, 0.1) is 0 Å². The van der Waals surface area contributed by atoms with Gasteiger partial charge in [-0.2, -0.15) is 0 Å². The molecule has 27 heavy (non-hydrogen) atoms. The zero-order valence-corrected chi connectivity index (χ0v) is 16.0. The van der Waals surface area contributed by atoms with Gasteiger partial charge in [0.1, 0.15) is 11.8 Å². The van der Waals surface area contributed by atoms with E-state index in [9.17, 15) is 9.59 Å². The molecule has 0 aromatic heterocycles. The monoisotopic (exact) mass is 372 g/mol. The number of piperidine rings is 1. The second-order valence-electron chi connectivity index (χ2n) is 7.48. The van der Waals surface area contributed by atoms with Crippen molar-refractivity contribution in [2.75, 3.05) is 57.8 Å². The Morgan fingerprint density at radius 1 is 1.00 bits per heavy atom. The molecular formula is C20H28N4O3. The number of ether oxygens (including phenoxy) is 1. The largest absolute Gasteiger partial charge is 0.495 e. The maximum absolute atomic E-state index is 12.6. The number of methoxy groups -OCH3 is 1. The Bertz CT molecular complexity index is 678. The van der Waals surface area contributed by atoms with Crippen LogP contribution in [-0.4, -0.2) is 85.6 Å². The molecule has 1 aromatic rings. The molecule has 3 amide bonds. The number of amides is 3. The highest BCUT2D eigenvalue weighted by molar-refractivity contribution is 6.04. The SMILES string of the molecule is COc1ccccc1N1CCN(CCN2C(=O)[C@H]3CCCCN3C2=O)CC1. The van der Waals surface area contributed by atoms with Gasteiger partial charge in [0.25, 0.3) is 5.91 Å². The molecule has 0 unspecified atom stereocenters. The van der Waals surface area contributed by atoms with Crippen LogP contribution in [-0.2, 0) is 4.79 Å². The molecule has 0 bridgehead atoms. The first-order valence-corrected chi connectivity index (χ1v) is 9.91. The lowest BCUT2D eigenvalue weighted by molar-refractivity contribution is -0.129. The Morgan fingerprint density at radius 2 is 1.78 bits per heavy atom. The first-order valence-electron chi connectivity index (χ1n) is 9.91. The molecule has 0 spiro atoms. The van der Waals surface area contributed by atoms with Gasteiger partial charge in [0.2, 0.25) is 0 Å². The number of benzene rings is 1. The van der Waals surface area contributed by atoms with Gasteiger partial charge in [0, 0.05) is 45.8 Å². The smallest absolute Gasteiger partial charge is 0.327 e. The molecule has 1 atom stereocenters. The first-order chi connectivity index (χ1) is 13.2. The van der Waals surface area contributed by atoms with Crippen LogP contribution in [0.3, 0.4) is 0 Å². The molecular weight excluding hydrogens is 344 g/mol. The Balaban J connectivity index is 1.30. The summed E-state index contributed by atoms with van der Waals surface area (Å²) in [5.41, 5.74) is 1.13. The fourth-order valence-electron chi connectivity index (χ4n) is 4.40. The van der Waals surface area contributed by atoms with Crippen LogP contribution < -0.4 is 9.64 Å². The Labute approximate surface area is 160 Å². The topological polar surface area (TPSA) is 56.3 Å². The molecule has 3 aliphatic rings. The number of rotatable bonds is 5. The predicted octanol–water partition coefficient (Wildman–Crippen LogP) is 1.63. The number of urea groups is 1. The van der Waals surface area contributed by atoms with E-state index in [2.05, 4.69) is 15.9 Å². The van der Waals surface area contributed by atoms with Gasteiger partial charge >= 0.3 is 6.03 Å². The van der Waals surface area contributed by atoms with E-state index in [1.54, 1.807) is 12.0 Å². The van der Waals surface area contributed by atoms with Gasteiger partial charge in [-0.3, -0.25) is 14.6 Å². The van der Waals surface area contributed by atoms with Crippen LogP contribution >= 0.6 is 0 Å². The number of hydrogen-bond acceptors (Lipinski definition) is 5. The van der Waals surface area contributed by atoms with Gasteiger partial charge in [-0.25, -0.2) is 4.79 Å². The summed E-state index contributed by atoms with van der Waals surface area (Å²) in [6.07, 6.45) is 2.87. The second kappa shape index (κ2) is 7.76. The predicted molar refractivity (Wildman–Crippen MR) is 103 cm³/mol. The van der Waals surface area contributed by atoms with E-state index in [4.69, 9.17) is 4.74 Å². The fourth-order valence-corrected chi connectivity index (χ4v) is 4.40. The van der Waals surface area contributed by atoms with Crippen LogP contribution in [0.1, 0.15) is 19.3 Å². The first kappa shape index (κ1) is 18.1. The number of anilines is 1. The van der Waals surface area contributed by atoms with Gasteiger partial charge in [-0.15, -0.1) is 0 Å². The Kier molecular flexibility index (Phi) is 5.20. The fraction of sp³-hybridized carbons (Fsp3) is 0.600. The number of carbonyl (C=O) groups excluding carboxylic acids is 2. The van der Waals surface area contributed by atoms with Crippen molar-refractivity contribution in [2.24, 2.45) is 0 Å². The van der Waals surface area contributed by atoms with E-state index in [1.165, 1.54) is 4.90 Å². The number of fused-ring (bicyclic) bond motifs is 1. The molecule has 1 aromatic carbocycles. The number of hydrogen-bond donors (Lipinski definition) is 0. The number of carbonyl (C=O) groups is 2. The van der Waals surface area contributed by atoms with Gasteiger partial charge in [-0.1, -0.05) is 12.1 Å². The minimum absolute atomic E-state index is 0.00681. The molecule has 0 radical (unpaired) electrons. The number of nitrogens with zero attached hydrogens (tertiary/aromatic N) is 4. The molecule has 7 nitrogen and oxygen atoms in total. The Morgan fingerprint density at radius 3 is 2.52 bits per heavy atom. The molecule has 4 rings (SSSR count). The minimum atomic E-state index is -0.200. The van der Waals surface area contributed by atoms with Gasteiger partial charge in [0.05, 0.1) is 12.8 Å². The van der Waals surface area contributed by atoms with Crippen molar-refractivity contribution >= 4 is 17.6 Å². The lowest BCUT2D eigenvalue weighted by Gasteiger charge is -2.37. The lowest BCUT2D eigenvalue weighted by Crippen LogP contribution is -2.49. The molecule has 3 aliphatic heterocycles. The van der Waals surface area contributed by atoms with Gasteiger partial charge < -0.3 is 14.5 Å². The quantitative estimate of drug-likeness (QED) is 0.736. The maximum Gasteiger partial charge on any atom is 0.327 e. The van der Waals surface area contributed by atoms with Crippen molar-refractivity contribution in [3.63, 3.8) is 0 Å². The zero-order chi connectivity index (χ0) is 18.8. The van der Waals surface area contributed by atoms with Crippen molar-refractivity contribution in [1.29, 1.82) is 0 Å². The highest BCUT2D eigenvalue weighted by atomic mass is 16.5. The zero-order valence-electron chi connectivity index (χ0n) is 16.0. The standard InChI is InChI=1S/C20H28N4O3/c1-27-18-8-3-2-6-16(18)22-13-10-21(11-14-22)12-15-24-19(25)17-7-4-5-9-23(17)20(24)26/h2-3,6,8,17H,4-5,7,9-15H2,1H3/t17-/m1/s1. The molecule has 0 saturated carbocycles. The number of imide groups is 1. The van der Waals surface area contributed by atoms with E-state index >= 15 is 0 Å². The average Bonchev–Trinajstić information content (AvgIpc) is 2.97. The van der Waals surface area contributed by atoms with Crippen molar-refractivity contribution in [1.82, 2.24) is 14.7 Å². The van der Waals surface area contributed by atoms with Crippen LogP contribution in [0.15, 0.2) is 24.3 Å². The summed E-state index contributed by atoms with van der Waals surface area (Å²) in [6.45, 7) is 5.64. The third kappa shape index (κ3) is 3.48. The van der Waals surface area contributed by atoms with Crippen molar-refractivity contribution in [3.05, 3.63) is 24.3 Å². The number of para-hydroxylation sites is 2. The molecule has 0 N–H and O–H groups in total. The van der Waals surface area contributed by atoms with Crippen LogP contribution in [0.2, 0.25) is 0 Å². The molecule has 3 heterocycles. The molecule has 7 heteroatoms. The highest BCUT2D eigenvalue weighted by Gasteiger charge is 2.45. The third-order valence-electron chi connectivity index (χ3n) is 5.97. The lowest BCUT2D eigenvalue weighted by atomic mass is 10.0. The molecule has 3 fully saturated rings.